The highest BCUT2D eigenvalue weighted by molar-refractivity contribution is 5.81. The summed E-state index contributed by atoms with van der Waals surface area (Å²) in [5.74, 6) is 0. The van der Waals surface area contributed by atoms with Gasteiger partial charge in [-0.05, 0) is 60.2 Å². The van der Waals surface area contributed by atoms with E-state index in [0.717, 1.165) is 30.8 Å². The summed E-state index contributed by atoms with van der Waals surface area (Å²) in [7, 11) is 0. The molecule has 3 aromatic heterocycles. The van der Waals surface area contributed by atoms with Crippen molar-refractivity contribution in [1.82, 2.24) is 0 Å². The fourth-order valence-corrected chi connectivity index (χ4v) is 6.68. The van der Waals surface area contributed by atoms with Crippen molar-refractivity contribution in [3.8, 4) is 50.7 Å². The minimum Gasteiger partial charge on any atom is -0.198 e. The lowest BCUT2D eigenvalue weighted by atomic mass is 9.92. The van der Waals surface area contributed by atoms with E-state index in [4.69, 9.17) is 0 Å². The fourth-order valence-electron chi connectivity index (χ4n) is 6.68. The Morgan fingerprint density at radius 3 is 1.85 bits per heavy atom. The lowest BCUT2D eigenvalue weighted by molar-refractivity contribution is -0.686. The first-order valence-corrected chi connectivity index (χ1v) is 14.3. The molecule has 41 heavy (non-hydrogen) atoms. The Balaban J connectivity index is 1.63. The van der Waals surface area contributed by atoms with Crippen LogP contribution in [0.3, 0.4) is 0 Å². The highest BCUT2D eigenvalue weighted by Crippen LogP contribution is 2.37. The monoisotopic (exact) mass is 528 g/mol. The van der Waals surface area contributed by atoms with Crippen LogP contribution < -0.4 is 13.7 Å². The van der Waals surface area contributed by atoms with Gasteiger partial charge in [-0.2, -0.15) is 13.7 Å². The number of para-hydroxylation sites is 1. The number of fused-ring (bicyclic) bond motifs is 8. The minimum absolute atomic E-state index is 0.756. The van der Waals surface area contributed by atoms with Crippen LogP contribution in [0.5, 0.6) is 0 Å². The molecule has 0 aliphatic carbocycles. The third kappa shape index (κ3) is 3.77. The van der Waals surface area contributed by atoms with Gasteiger partial charge in [0.25, 0.3) is 0 Å². The molecule has 8 rings (SSSR count). The van der Waals surface area contributed by atoms with Gasteiger partial charge in [0.05, 0.1) is 17.5 Å². The maximum atomic E-state index is 4.59. The molecule has 0 amide bonds. The van der Waals surface area contributed by atoms with Crippen LogP contribution in [0.4, 0.5) is 0 Å². The van der Waals surface area contributed by atoms with Crippen LogP contribution in [0, 0.1) is 0 Å². The van der Waals surface area contributed by atoms with E-state index < -0.39 is 0 Å². The smallest absolute Gasteiger partial charge is 0.198 e. The Labute approximate surface area is 240 Å². The van der Waals surface area contributed by atoms with Gasteiger partial charge in [0, 0.05) is 42.8 Å². The summed E-state index contributed by atoms with van der Waals surface area (Å²) in [5, 5.41) is 0. The van der Waals surface area contributed by atoms with Crippen LogP contribution in [0.1, 0.15) is 11.1 Å². The van der Waals surface area contributed by atoms with Crippen LogP contribution in [-0.4, -0.2) is 0 Å². The molecule has 0 saturated heterocycles. The molecular formula is C38H30N3+3. The van der Waals surface area contributed by atoms with E-state index in [0.29, 0.717) is 0 Å². The maximum Gasteiger partial charge on any atom is 0.239 e. The molecule has 194 valence electrons. The Morgan fingerprint density at radius 2 is 1.05 bits per heavy atom. The quantitative estimate of drug-likeness (QED) is 0.193. The molecule has 0 N–H and O–H groups in total. The number of benzene rings is 3. The van der Waals surface area contributed by atoms with E-state index >= 15 is 0 Å². The third-order valence-corrected chi connectivity index (χ3v) is 8.55. The first-order valence-electron chi connectivity index (χ1n) is 14.3. The molecule has 0 fully saturated rings. The van der Waals surface area contributed by atoms with Crippen molar-refractivity contribution in [2.75, 3.05) is 0 Å². The van der Waals surface area contributed by atoms with E-state index in [1.165, 1.54) is 56.1 Å². The van der Waals surface area contributed by atoms with Gasteiger partial charge in [-0.1, -0.05) is 42.5 Å². The zero-order valence-corrected chi connectivity index (χ0v) is 22.9. The number of pyridine rings is 3. The molecule has 0 bridgehead atoms. The third-order valence-electron chi connectivity index (χ3n) is 8.55. The number of allylic oxidation sites excluding steroid dienone is 1. The van der Waals surface area contributed by atoms with Crippen LogP contribution >= 0.6 is 0 Å². The van der Waals surface area contributed by atoms with Crippen LogP contribution in [0.25, 0.3) is 56.4 Å². The first kappa shape index (κ1) is 23.7. The topological polar surface area (TPSA) is 11.6 Å². The Bertz CT molecular complexity index is 2000. The zero-order chi connectivity index (χ0) is 27.3. The molecule has 2 aliphatic heterocycles. The fraction of sp³-hybridized carbons (Fsp3) is 0.0789. The molecule has 3 aromatic carbocycles. The number of hydrogen-bond donors (Lipinski definition) is 0. The summed E-state index contributed by atoms with van der Waals surface area (Å²) in [6.07, 6.45) is 6.08. The summed E-state index contributed by atoms with van der Waals surface area (Å²) >= 11 is 0. The normalized spacial score (nSPS) is 13.1. The van der Waals surface area contributed by atoms with Crippen molar-refractivity contribution in [1.29, 1.82) is 0 Å². The highest BCUT2D eigenvalue weighted by Gasteiger charge is 2.37. The van der Waals surface area contributed by atoms with E-state index in [-0.39, 0.29) is 0 Å². The second-order valence-electron chi connectivity index (χ2n) is 10.9. The van der Waals surface area contributed by atoms with Gasteiger partial charge in [0.15, 0.2) is 24.6 Å². The molecule has 6 aromatic rings. The van der Waals surface area contributed by atoms with Gasteiger partial charge < -0.3 is 0 Å². The average molecular weight is 529 g/mol. The Kier molecular flexibility index (Phi) is 5.49. The lowest BCUT2D eigenvalue weighted by Gasteiger charge is -2.19. The van der Waals surface area contributed by atoms with E-state index in [2.05, 4.69) is 154 Å². The molecule has 0 radical (unpaired) electrons. The predicted molar refractivity (Wildman–Crippen MR) is 163 cm³/mol. The molecule has 2 aliphatic rings. The average Bonchev–Trinajstić information content (AvgIpc) is 3.03. The van der Waals surface area contributed by atoms with Crippen molar-refractivity contribution >= 4 is 5.70 Å². The number of aryl methyl sites for hydroxylation is 2. The van der Waals surface area contributed by atoms with Gasteiger partial charge in [0.2, 0.25) is 28.5 Å². The molecular weight excluding hydrogens is 498 g/mol. The first-order chi connectivity index (χ1) is 20.3. The highest BCUT2D eigenvalue weighted by atomic mass is 15.0. The molecule has 3 nitrogen and oxygen atoms in total. The van der Waals surface area contributed by atoms with E-state index in [1.807, 2.05) is 0 Å². The molecule has 0 unspecified atom stereocenters. The van der Waals surface area contributed by atoms with Crippen molar-refractivity contribution < 1.29 is 13.7 Å². The molecule has 0 saturated carbocycles. The molecule has 5 heterocycles. The Hall–Kier alpha value is -5.15. The summed E-state index contributed by atoms with van der Waals surface area (Å²) in [6, 6.07) is 44.3. The molecule has 0 atom stereocenters. The summed E-state index contributed by atoms with van der Waals surface area (Å²) in [4.78, 5) is 0. The van der Waals surface area contributed by atoms with Gasteiger partial charge in [-0.15, -0.1) is 0 Å². The second kappa shape index (κ2) is 9.50. The molecule has 0 spiro atoms. The van der Waals surface area contributed by atoms with E-state index in [9.17, 15) is 0 Å². The maximum absolute atomic E-state index is 4.59. The number of rotatable bonds is 0. The minimum atomic E-state index is 0.756. The standard InChI is InChI=1S/C38H30N3/c1-27-26-29-13-3-5-15-31(29)37-21-11-20-36-30-14-4-2-12-28(30)22-25-39-23-8-6-18-34(39)32-16-10-17-33(38(32)41(36)37)35-19-7-9-24-40(27)35/h2-21,23-24H,1,22,25-26H2/q+3. The van der Waals surface area contributed by atoms with Crippen LogP contribution in [-0.2, 0) is 19.4 Å². The van der Waals surface area contributed by atoms with Crippen molar-refractivity contribution in [3.63, 3.8) is 0 Å². The SMILES string of the molecule is C=C1Cc2ccccc2-c2cccc3[n+]2-c2c(cccc2-c2cccc[n+]21)-c1cccc[n+]1CCc1ccccc1-3. The second-order valence-corrected chi connectivity index (χ2v) is 10.9. The predicted octanol–water partition coefficient (Wildman–Crippen LogP) is 6.79. The van der Waals surface area contributed by atoms with Crippen molar-refractivity contribution in [3.05, 3.63) is 151 Å². The largest absolute Gasteiger partial charge is 0.239 e. The van der Waals surface area contributed by atoms with Crippen molar-refractivity contribution in [2.24, 2.45) is 0 Å². The number of aromatic nitrogens is 3. The zero-order valence-electron chi connectivity index (χ0n) is 22.9. The summed E-state index contributed by atoms with van der Waals surface area (Å²) in [6.45, 7) is 5.49. The number of nitrogens with zero attached hydrogens (tertiary/aromatic N) is 3. The lowest BCUT2D eigenvalue weighted by Crippen LogP contribution is -2.43. The van der Waals surface area contributed by atoms with E-state index in [1.54, 1.807) is 0 Å². The summed E-state index contributed by atoms with van der Waals surface area (Å²) < 4.78 is 7.20. The van der Waals surface area contributed by atoms with Crippen molar-refractivity contribution in [2.45, 2.75) is 19.4 Å². The molecule has 3 heteroatoms. The van der Waals surface area contributed by atoms with Gasteiger partial charge in [-0.3, -0.25) is 0 Å². The van der Waals surface area contributed by atoms with Gasteiger partial charge in [-0.25, -0.2) is 0 Å². The summed E-state index contributed by atoms with van der Waals surface area (Å²) in [5.41, 5.74) is 14.5. The van der Waals surface area contributed by atoms with Gasteiger partial charge >= 0.3 is 0 Å². The van der Waals surface area contributed by atoms with Crippen LogP contribution in [0.15, 0.2) is 140 Å². The van der Waals surface area contributed by atoms with Crippen LogP contribution in [0.2, 0.25) is 0 Å². The number of hydrogen-bond acceptors (Lipinski definition) is 0. The van der Waals surface area contributed by atoms with Gasteiger partial charge in [0.1, 0.15) is 11.1 Å². The Morgan fingerprint density at radius 1 is 0.488 bits per heavy atom.